The molecular formula is C38H76O6. The van der Waals surface area contributed by atoms with Gasteiger partial charge in [-0.3, -0.25) is 0 Å². The normalized spacial score (nSPS) is 22.2. The van der Waals surface area contributed by atoms with Crippen LogP contribution in [0.3, 0.4) is 0 Å². The first-order chi connectivity index (χ1) is 21.6. The second-order valence-electron chi connectivity index (χ2n) is 13.6. The van der Waals surface area contributed by atoms with Crippen molar-refractivity contribution in [3.8, 4) is 0 Å². The van der Waals surface area contributed by atoms with Crippen LogP contribution in [0.5, 0.6) is 0 Å². The van der Waals surface area contributed by atoms with Gasteiger partial charge in [-0.05, 0) is 12.8 Å². The predicted molar refractivity (Wildman–Crippen MR) is 184 cm³/mol. The maximum absolute atomic E-state index is 10.6. The van der Waals surface area contributed by atoms with E-state index in [-0.39, 0.29) is 6.61 Å². The van der Waals surface area contributed by atoms with Gasteiger partial charge in [-0.25, -0.2) is 0 Å². The van der Waals surface area contributed by atoms with Crippen molar-refractivity contribution in [1.29, 1.82) is 0 Å². The Labute approximate surface area is 273 Å². The van der Waals surface area contributed by atoms with E-state index in [0.29, 0.717) is 13.2 Å². The van der Waals surface area contributed by atoms with Crippen molar-refractivity contribution < 1.29 is 29.5 Å². The highest BCUT2D eigenvalue weighted by Crippen LogP contribution is 2.23. The molecule has 0 aliphatic carbocycles. The fourth-order valence-corrected chi connectivity index (χ4v) is 6.35. The molecule has 0 radical (unpaired) electrons. The molecule has 5 atom stereocenters. The summed E-state index contributed by atoms with van der Waals surface area (Å²) in [6.45, 7) is 5.77. The highest BCUT2D eigenvalue weighted by molar-refractivity contribution is 4.89. The molecule has 264 valence electrons. The van der Waals surface area contributed by atoms with Crippen molar-refractivity contribution in [2.45, 2.75) is 224 Å². The molecule has 0 saturated carbocycles. The highest BCUT2D eigenvalue weighted by Gasteiger charge is 2.44. The third kappa shape index (κ3) is 23.1. The molecular weight excluding hydrogens is 552 g/mol. The molecule has 1 aliphatic rings. The predicted octanol–water partition coefficient (Wildman–Crippen LogP) is 9.79. The second kappa shape index (κ2) is 31.4. The van der Waals surface area contributed by atoms with Crippen molar-refractivity contribution in [2.24, 2.45) is 0 Å². The van der Waals surface area contributed by atoms with Gasteiger partial charge in [-0.15, -0.1) is 0 Å². The highest BCUT2D eigenvalue weighted by atomic mass is 16.7. The molecule has 1 aliphatic heterocycles. The minimum atomic E-state index is -1.25. The Balaban J connectivity index is 1.93. The summed E-state index contributed by atoms with van der Waals surface area (Å²) < 4.78 is 17.0. The van der Waals surface area contributed by atoms with Crippen LogP contribution in [0.4, 0.5) is 0 Å². The van der Waals surface area contributed by atoms with Gasteiger partial charge >= 0.3 is 0 Å². The van der Waals surface area contributed by atoms with Gasteiger partial charge in [0.25, 0.3) is 0 Å². The molecule has 0 amide bonds. The lowest BCUT2D eigenvalue weighted by atomic mass is 9.99. The molecule has 3 N–H and O–H groups in total. The molecule has 0 aromatic rings. The van der Waals surface area contributed by atoms with E-state index in [9.17, 15) is 15.3 Å². The van der Waals surface area contributed by atoms with E-state index in [1.54, 1.807) is 0 Å². The van der Waals surface area contributed by atoms with E-state index >= 15 is 0 Å². The molecule has 1 heterocycles. The van der Waals surface area contributed by atoms with Gasteiger partial charge in [-0.2, -0.15) is 0 Å². The summed E-state index contributed by atoms with van der Waals surface area (Å²) in [7, 11) is 0. The summed E-state index contributed by atoms with van der Waals surface area (Å²) >= 11 is 0. The van der Waals surface area contributed by atoms with Crippen molar-refractivity contribution in [1.82, 2.24) is 0 Å². The zero-order chi connectivity index (χ0) is 31.9. The van der Waals surface area contributed by atoms with Crippen LogP contribution in [0.15, 0.2) is 0 Å². The number of hydrogen-bond acceptors (Lipinski definition) is 6. The number of unbranched alkanes of at least 4 members (excludes halogenated alkanes) is 26. The van der Waals surface area contributed by atoms with Gasteiger partial charge in [0, 0.05) is 13.2 Å². The van der Waals surface area contributed by atoms with Crippen LogP contribution in [-0.4, -0.2) is 65.8 Å². The van der Waals surface area contributed by atoms with E-state index < -0.39 is 30.7 Å². The van der Waals surface area contributed by atoms with Gasteiger partial charge in [0.05, 0.1) is 6.61 Å². The van der Waals surface area contributed by atoms with Crippen LogP contribution in [0.1, 0.15) is 194 Å². The van der Waals surface area contributed by atoms with Crippen molar-refractivity contribution in [3.05, 3.63) is 0 Å². The van der Waals surface area contributed by atoms with Crippen molar-refractivity contribution >= 4 is 0 Å². The number of rotatable bonds is 33. The fourth-order valence-electron chi connectivity index (χ4n) is 6.35. The van der Waals surface area contributed by atoms with Crippen LogP contribution >= 0.6 is 0 Å². The van der Waals surface area contributed by atoms with E-state index in [2.05, 4.69) is 13.8 Å². The lowest BCUT2D eigenvalue weighted by Crippen LogP contribution is -2.59. The van der Waals surface area contributed by atoms with E-state index in [0.717, 1.165) is 25.7 Å². The first-order valence-corrected chi connectivity index (χ1v) is 19.5. The Morgan fingerprint density at radius 2 is 0.773 bits per heavy atom. The Morgan fingerprint density at radius 3 is 1.16 bits per heavy atom. The molecule has 0 spiro atoms. The minimum absolute atomic E-state index is 0.166. The van der Waals surface area contributed by atoms with Gasteiger partial charge in [0.2, 0.25) is 0 Å². The number of hydrogen-bond donors (Lipinski definition) is 3. The summed E-state index contributed by atoms with van der Waals surface area (Å²) in [4.78, 5) is 0. The maximum Gasteiger partial charge on any atom is 0.184 e. The van der Waals surface area contributed by atoms with Crippen LogP contribution in [0.2, 0.25) is 0 Å². The molecule has 0 bridgehead atoms. The van der Waals surface area contributed by atoms with Crippen molar-refractivity contribution in [3.63, 3.8) is 0 Å². The van der Waals surface area contributed by atoms with Crippen LogP contribution < -0.4 is 0 Å². The monoisotopic (exact) mass is 629 g/mol. The quantitative estimate of drug-likeness (QED) is 0.0627. The lowest BCUT2D eigenvalue weighted by molar-refractivity contribution is -0.298. The Kier molecular flexibility index (Phi) is 29.8. The first kappa shape index (κ1) is 41.8. The van der Waals surface area contributed by atoms with Gasteiger partial charge < -0.3 is 29.5 Å². The maximum atomic E-state index is 10.6. The van der Waals surface area contributed by atoms with E-state index in [1.807, 2.05) is 0 Å². The minimum Gasteiger partial charge on any atom is -0.387 e. The molecule has 6 nitrogen and oxygen atoms in total. The molecule has 1 fully saturated rings. The number of aliphatic hydroxyl groups excluding tert-OH is 3. The molecule has 6 heteroatoms. The van der Waals surface area contributed by atoms with E-state index in [4.69, 9.17) is 14.2 Å². The average Bonchev–Trinajstić information content (AvgIpc) is 3.02. The smallest absolute Gasteiger partial charge is 0.184 e. The summed E-state index contributed by atoms with van der Waals surface area (Å²) in [5.74, 6) is 0. The zero-order valence-electron chi connectivity index (χ0n) is 29.4. The third-order valence-corrected chi connectivity index (χ3v) is 9.40. The van der Waals surface area contributed by atoms with Gasteiger partial charge in [-0.1, -0.05) is 181 Å². The van der Waals surface area contributed by atoms with Crippen LogP contribution in [0.25, 0.3) is 0 Å². The summed E-state index contributed by atoms with van der Waals surface area (Å²) in [5, 5.41) is 31.5. The molecule has 0 aromatic carbocycles. The molecule has 44 heavy (non-hydrogen) atoms. The van der Waals surface area contributed by atoms with Crippen molar-refractivity contribution in [2.75, 3.05) is 19.8 Å². The third-order valence-electron chi connectivity index (χ3n) is 9.40. The lowest BCUT2D eigenvalue weighted by Gasteiger charge is -2.40. The molecule has 1 rings (SSSR count). The van der Waals surface area contributed by atoms with Gasteiger partial charge in [0.1, 0.15) is 24.4 Å². The van der Waals surface area contributed by atoms with Crippen LogP contribution in [-0.2, 0) is 14.2 Å². The van der Waals surface area contributed by atoms with E-state index in [1.165, 1.54) is 154 Å². The largest absolute Gasteiger partial charge is 0.387 e. The number of aliphatic hydroxyl groups is 3. The zero-order valence-corrected chi connectivity index (χ0v) is 29.4. The fraction of sp³-hybridized carbons (Fsp3) is 1.00. The first-order valence-electron chi connectivity index (χ1n) is 19.5. The van der Waals surface area contributed by atoms with Crippen LogP contribution in [0, 0.1) is 0 Å². The van der Waals surface area contributed by atoms with Gasteiger partial charge in [0.15, 0.2) is 6.29 Å². The summed E-state index contributed by atoms with van der Waals surface area (Å²) in [5.41, 5.74) is 0. The molecule has 1 saturated heterocycles. The SMILES string of the molecule is CCCCCCCCCCCCCCCCOC[C@H]1O[C@@H](O)[C@H](OCCCCCCCCCCCCCCCC)[C@@H](O)[C@H]1O. The Morgan fingerprint density at radius 1 is 0.432 bits per heavy atom. The topological polar surface area (TPSA) is 88.4 Å². The molecule has 0 aromatic heterocycles. The number of ether oxygens (including phenoxy) is 3. The standard InChI is InChI=1S/C38H76O6/c1-3-5-7-9-11-13-15-17-19-21-23-25-27-29-31-42-33-34-35(39)36(40)37(38(41)44-34)43-32-30-28-26-24-22-20-18-16-14-12-10-8-6-4-2/h34-41H,3-33H2,1-2H3/t34-,35+,36+,37-,38-/m1/s1. The molecule has 0 unspecified atom stereocenters. The Bertz CT molecular complexity index is 574. The summed E-state index contributed by atoms with van der Waals surface area (Å²) in [6, 6.07) is 0. The summed E-state index contributed by atoms with van der Waals surface area (Å²) in [6.07, 6.45) is 31.4. The Hall–Kier alpha value is -0.240. The average molecular weight is 629 g/mol. The second-order valence-corrected chi connectivity index (χ2v) is 13.6.